The van der Waals surface area contributed by atoms with Gasteiger partial charge in [0.05, 0.1) is 12.2 Å². The van der Waals surface area contributed by atoms with Crippen LogP contribution in [0.2, 0.25) is 0 Å². The number of amides is 4. The Morgan fingerprint density at radius 2 is 1.61 bits per heavy atom. The largest absolute Gasteiger partial charge is 0.340 e. The van der Waals surface area contributed by atoms with E-state index in [2.05, 4.69) is 5.32 Å². The van der Waals surface area contributed by atoms with Crippen LogP contribution in [-0.2, 0) is 22.6 Å². The van der Waals surface area contributed by atoms with Crippen molar-refractivity contribution in [1.29, 1.82) is 0 Å². The lowest BCUT2D eigenvalue weighted by Gasteiger charge is -2.26. The molecule has 0 atom stereocenters. The summed E-state index contributed by atoms with van der Waals surface area (Å²) in [5.74, 6) is -1.75. The fourth-order valence-corrected chi connectivity index (χ4v) is 4.56. The molecule has 1 fully saturated rings. The van der Waals surface area contributed by atoms with Gasteiger partial charge >= 0.3 is 6.03 Å². The fourth-order valence-electron chi connectivity index (χ4n) is 4.56. The summed E-state index contributed by atoms with van der Waals surface area (Å²) >= 11 is 0. The molecule has 1 saturated heterocycles. The number of rotatable bonds is 5. The molecule has 1 aliphatic rings. The molecule has 180 valence electrons. The summed E-state index contributed by atoms with van der Waals surface area (Å²) < 4.78 is 16.4. The summed E-state index contributed by atoms with van der Waals surface area (Å²) in [5.41, 5.74) is 4.10. The number of nitrogens with one attached hydrogen (secondary N) is 1. The normalized spacial score (nSPS) is 15.1. The van der Waals surface area contributed by atoms with Crippen molar-refractivity contribution >= 4 is 40.5 Å². The monoisotopic (exact) mass is 481 g/mol. The van der Waals surface area contributed by atoms with E-state index in [1.165, 1.54) is 12.1 Å². The number of para-hydroxylation sites is 1. The summed E-state index contributed by atoms with van der Waals surface area (Å²) in [4.78, 5) is 39.8. The average molecular weight is 482 g/mol. The molecule has 4 amide bonds. The predicted molar refractivity (Wildman–Crippen MR) is 137 cm³/mol. The van der Waals surface area contributed by atoms with Gasteiger partial charge in [0.2, 0.25) is 0 Å². The molecule has 0 saturated carbocycles. The summed E-state index contributed by atoms with van der Waals surface area (Å²) in [7, 11) is 0. The molecule has 36 heavy (non-hydrogen) atoms. The first-order chi connectivity index (χ1) is 17.4. The number of imide groups is 2. The highest BCUT2D eigenvalue weighted by Gasteiger charge is 2.37. The van der Waals surface area contributed by atoms with Gasteiger partial charge in [0.1, 0.15) is 11.4 Å². The van der Waals surface area contributed by atoms with Gasteiger partial charge in [-0.2, -0.15) is 0 Å². The Morgan fingerprint density at radius 1 is 0.917 bits per heavy atom. The first-order valence-electron chi connectivity index (χ1n) is 11.7. The van der Waals surface area contributed by atoms with Crippen LogP contribution in [0.15, 0.2) is 78.4 Å². The maximum absolute atomic E-state index is 14.4. The highest BCUT2D eigenvalue weighted by atomic mass is 19.1. The Morgan fingerprint density at radius 3 is 2.33 bits per heavy atom. The van der Waals surface area contributed by atoms with E-state index in [0.717, 1.165) is 33.5 Å². The number of hydrogen-bond acceptors (Lipinski definition) is 3. The molecule has 4 aromatic rings. The Kier molecular flexibility index (Phi) is 5.98. The summed E-state index contributed by atoms with van der Waals surface area (Å²) in [6.07, 6.45) is 2.34. The number of carbonyl (C=O) groups is 3. The van der Waals surface area contributed by atoms with Crippen molar-refractivity contribution in [2.24, 2.45) is 0 Å². The lowest BCUT2D eigenvalue weighted by molar-refractivity contribution is -0.122. The number of barbiturate groups is 1. The van der Waals surface area contributed by atoms with E-state index < -0.39 is 17.8 Å². The van der Waals surface area contributed by atoms with Crippen molar-refractivity contribution < 1.29 is 18.8 Å². The Balaban J connectivity index is 1.60. The Hall–Kier alpha value is -4.52. The van der Waals surface area contributed by atoms with Crippen LogP contribution in [0.4, 0.5) is 14.9 Å². The van der Waals surface area contributed by atoms with Crippen molar-refractivity contribution in [3.8, 4) is 0 Å². The van der Waals surface area contributed by atoms with Crippen LogP contribution in [0.3, 0.4) is 0 Å². The number of anilines is 1. The number of aromatic nitrogens is 1. The van der Waals surface area contributed by atoms with Gasteiger partial charge in [0, 0.05) is 27.7 Å². The predicted octanol–water partition coefficient (Wildman–Crippen LogP) is 5.37. The van der Waals surface area contributed by atoms with Gasteiger partial charge in [0.25, 0.3) is 11.8 Å². The molecule has 5 rings (SSSR count). The van der Waals surface area contributed by atoms with E-state index in [1.807, 2.05) is 54.8 Å². The molecule has 7 heteroatoms. The Labute approximate surface area is 207 Å². The van der Waals surface area contributed by atoms with E-state index >= 15 is 0 Å². The van der Waals surface area contributed by atoms with Gasteiger partial charge < -0.3 is 4.57 Å². The van der Waals surface area contributed by atoms with Gasteiger partial charge in [0.15, 0.2) is 0 Å². The first-order valence-corrected chi connectivity index (χ1v) is 11.7. The molecule has 0 aliphatic carbocycles. The second-order valence-corrected chi connectivity index (χ2v) is 8.67. The number of urea groups is 1. The zero-order chi connectivity index (χ0) is 25.4. The van der Waals surface area contributed by atoms with E-state index in [1.54, 1.807) is 30.3 Å². The zero-order valence-corrected chi connectivity index (χ0v) is 19.9. The maximum Gasteiger partial charge on any atom is 0.335 e. The number of benzene rings is 3. The van der Waals surface area contributed by atoms with Gasteiger partial charge in [-0.05, 0) is 49.2 Å². The van der Waals surface area contributed by atoms with Gasteiger partial charge in [-0.15, -0.1) is 0 Å². The van der Waals surface area contributed by atoms with Gasteiger partial charge in [-0.1, -0.05) is 55.5 Å². The van der Waals surface area contributed by atoms with Crippen LogP contribution in [0.25, 0.3) is 17.0 Å². The topological polar surface area (TPSA) is 71.4 Å². The second-order valence-electron chi connectivity index (χ2n) is 8.67. The van der Waals surface area contributed by atoms with Crippen LogP contribution in [0, 0.1) is 12.7 Å². The van der Waals surface area contributed by atoms with Crippen LogP contribution in [-0.4, -0.2) is 22.4 Å². The molecule has 0 radical (unpaired) electrons. The molecular formula is C29H24FN3O3. The van der Waals surface area contributed by atoms with E-state index in [0.29, 0.717) is 16.8 Å². The summed E-state index contributed by atoms with van der Waals surface area (Å²) in [6.45, 7) is 4.17. The molecule has 3 aromatic carbocycles. The lowest BCUT2D eigenvalue weighted by atomic mass is 10.0. The van der Waals surface area contributed by atoms with E-state index in [9.17, 15) is 18.8 Å². The maximum atomic E-state index is 14.4. The number of fused-ring (bicyclic) bond motifs is 1. The molecule has 1 N–H and O–H groups in total. The molecular weight excluding hydrogens is 457 g/mol. The van der Waals surface area contributed by atoms with E-state index in [4.69, 9.17) is 0 Å². The number of carbonyl (C=O) groups excluding carboxylic acids is 3. The molecule has 1 aromatic heterocycles. The third-order valence-electron chi connectivity index (χ3n) is 6.56. The number of nitrogens with zero attached hydrogens (tertiary/aromatic N) is 2. The SMILES string of the molecule is CCc1ccc(N2C(=O)NC(=O)/C(=C/c3c(C)n(Cc4ccccc4F)c4ccccc34)C2=O)cc1. The zero-order valence-electron chi connectivity index (χ0n) is 19.9. The van der Waals surface area contributed by atoms with Crippen LogP contribution >= 0.6 is 0 Å². The molecule has 1 aliphatic heterocycles. The molecule has 0 unspecified atom stereocenters. The van der Waals surface area contributed by atoms with Crippen molar-refractivity contribution in [1.82, 2.24) is 9.88 Å². The third-order valence-corrected chi connectivity index (χ3v) is 6.56. The highest BCUT2D eigenvalue weighted by Crippen LogP contribution is 2.31. The molecule has 0 spiro atoms. The van der Waals surface area contributed by atoms with Crippen molar-refractivity contribution in [2.45, 2.75) is 26.8 Å². The lowest BCUT2D eigenvalue weighted by Crippen LogP contribution is -2.54. The smallest absolute Gasteiger partial charge is 0.335 e. The fraction of sp³-hybridized carbons (Fsp3) is 0.138. The molecule has 2 heterocycles. The minimum atomic E-state index is -0.787. The third kappa shape index (κ3) is 3.98. The molecule has 0 bridgehead atoms. The van der Waals surface area contributed by atoms with Crippen LogP contribution in [0.5, 0.6) is 0 Å². The Bertz CT molecular complexity index is 1550. The average Bonchev–Trinajstić information content (AvgIpc) is 3.14. The number of hydrogen-bond donors (Lipinski definition) is 1. The van der Waals surface area contributed by atoms with Crippen molar-refractivity contribution in [2.75, 3.05) is 4.90 Å². The highest BCUT2D eigenvalue weighted by molar-refractivity contribution is 6.39. The van der Waals surface area contributed by atoms with Crippen LogP contribution in [0.1, 0.15) is 29.3 Å². The van der Waals surface area contributed by atoms with Gasteiger partial charge in [-0.3, -0.25) is 14.9 Å². The van der Waals surface area contributed by atoms with Crippen molar-refractivity contribution in [3.05, 3.63) is 107 Å². The standard InChI is InChI=1S/C29H24FN3O3/c1-3-19-12-14-21(15-13-19)33-28(35)24(27(34)31-29(33)36)16-23-18(2)32(26-11-7-5-9-22(23)26)17-20-8-4-6-10-25(20)30/h4-16H,3,17H2,1-2H3,(H,31,34,36)/b24-16-. The first kappa shape index (κ1) is 23.2. The summed E-state index contributed by atoms with van der Waals surface area (Å²) in [5, 5.41) is 3.10. The summed E-state index contributed by atoms with van der Waals surface area (Å²) in [6, 6.07) is 20.4. The van der Waals surface area contributed by atoms with E-state index in [-0.39, 0.29) is 17.9 Å². The van der Waals surface area contributed by atoms with Crippen LogP contribution < -0.4 is 10.2 Å². The number of halogens is 1. The minimum Gasteiger partial charge on any atom is -0.340 e. The second kappa shape index (κ2) is 9.26. The van der Waals surface area contributed by atoms with Crippen molar-refractivity contribution in [3.63, 3.8) is 0 Å². The molecule has 6 nitrogen and oxygen atoms in total. The van der Waals surface area contributed by atoms with Gasteiger partial charge in [-0.25, -0.2) is 14.1 Å². The number of aryl methyl sites for hydroxylation is 1. The minimum absolute atomic E-state index is 0.147. The quantitative estimate of drug-likeness (QED) is 0.308.